The first-order chi connectivity index (χ1) is 20.1. The first-order valence-corrected chi connectivity index (χ1v) is 14.6. The first kappa shape index (κ1) is 26.7. The maximum absolute atomic E-state index is 13.9. The van der Waals surface area contributed by atoms with Crippen LogP contribution >= 0.6 is 11.3 Å². The number of thiophene rings is 1. The zero-order chi connectivity index (χ0) is 28.3. The van der Waals surface area contributed by atoms with Crippen molar-refractivity contribution in [3.8, 4) is 17.0 Å². The van der Waals surface area contributed by atoms with Crippen LogP contribution in [0.4, 0.5) is 5.00 Å². The molecule has 1 atom stereocenters. The van der Waals surface area contributed by atoms with Crippen LogP contribution in [-0.2, 0) is 17.6 Å². The number of carbonyl (C=O) groups excluding carboxylic acids is 2. The number of nitrogens with one attached hydrogen (secondary N) is 1. The minimum atomic E-state index is -0.427. The summed E-state index contributed by atoms with van der Waals surface area (Å²) in [6.07, 6.45) is 2.51. The molecule has 7 heteroatoms. The molecule has 0 fully saturated rings. The number of amides is 1. The van der Waals surface area contributed by atoms with Crippen molar-refractivity contribution in [2.75, 3.05) is 19.0 Å². The van der Waals surface area contributed by atoms with Gasteiger partial charge < -0.3 is 14.8 Å². The predicted octanol–water partition coefficient (Wildman–Crippen LogP) is 7.67. The van der Waals surface area contributed by atoms with E-state index in [9.17, 15) is 9.59 Å². The highest BCUT2D eigenvalue weighted by atomic mass is 32.1. The van der Waals surface area contributed by atoms with Crippen LogP contribution < -0.4 is 10.1 Å². The van der Waals surface area contributed by atoms with Gasteiger partial charge in [-0.3, -0.25) is 4.79 Å². The van der Waals surface area contributed by atoms with Crippen LogP contribution in [0, 0.1) is 0 Å². The Morgan fingerprint density at radius 2 is 1.80 bits per heavy atom. The van der Waals surface area contributed by atoms with Crippen molar-refractivity contribution in [2.45, 2.75) is 32.1 Å². The fourth-order valence-electron chi connectivity index (χ4n) is 5.60. The summed E-state index contributed by atoms with van der Waals surface area (Å²) < 4.78 is 10.9. The number of methoxy groups -OCH3 is 1. The number of nitrogens with zero attached hydrogens (tertiary/aromatic N) is 1. The second-order valence-corrected chi connectivity index (χ2v) is 11.1. The molecule has 1 aliphatic rings. The van der Waals surface area contributed by atoms with Gasteiger partial charge in [-0.15, -0.1) is 11.3 Å². The topological polar surface area (TPSA) is 77.5 Å². The van der Waals surface area contributed by atoms with Gasteiger partial charge >= 0.3 is 5.97 Å². The lowest BCUT2D eigenvalue weighted by Gasteiger charge is -2.22. The summed E-state index contributed by atoms with van der Waals surface area (Å²) in [6, 6.07) is 27.5. The molecule has 0 unspecified atom stereocenters. The molecule has 3 aromatic carbocycles. The summed E-state index contributed by atoms with van der Waals surface area (Å²) in [5.74, 6) is 0.389. The van der Waals surface area contributed by atoms with Gasteiger partial charge in [0.15, 0.2) is 0 Å². The molecule has 0 saturated carbocycles. The van der Waals surface area contributed by atoms with Gasteiger partial charge in [0.25, 0.3) is 5.91 Å². The molecule has 0 radical (unpaired) electrons. The highest BCUT2D eigenvalue weighted by Crippen LogP contribution is 2.43. The van der Waals surface area contributed by atoms with E-state index in [1.54, 1.807) is 6.07 Å². The molecule has 6 nitrogen and oxygen atoms in total. The van der Waals surface area contributed by atoms with Crippen LogP contribution in [0.25, 0.3) is 22.2 Å². The van der Waals surface area contributed by atoms with Gasteiger partial charge in [0.2, 0.25) is 0 Å². The monoisotopic (exact) mass is 562 g/mol. The van der Waals surface area contributed by atoms with Gasteiger partial charge in [0.05, 0.1) is 36.1 Å². The normalized spacial score (nSPS) is 14.3. The Kier molecular flexibility index (Phi) is 7.53. The zero-order valence-electron chi connectivity index (χ0n) is 23.0. The number of ether oxygens (including phenoxy) is 2. The molecule has 5 aromatic rings. The number of hydrogen-bond acceptors (Lipinski definition) is 6. The van der Waals surface area contributed by atoms with Crippen molar-refractivity contribution in [2.24, 2.45) is 0 Å². The Labute approximate surface area is 243 Å². The van der Waals surface area contributed by atoms with Gasteiger partial charge in [0.1, 0.15) is 10.8 Å². The molecule has 206 valence electrons. The van der Waals surface area contributed by atoms with Crippen LogP contribution in [-0.4, -0.2) is 30.6 Å². The molecular formula is C34H30N2O4S. The first-order valence-electron chi connectivity index (χ1n) is 13.8. The van der Waals surface area contributed by atoms with Crippen LogP contribution in [0.15, 0.2) is 84.9 Å². The van der Waals surface area contributed by atoms with Gasteiger partial charge in [-0.2, -0.15) is 0 Å². The van der Waals surface area contributed by atoms with Crippen LogP contribution in [0.5, 0.6) is 5.75 Å². The zero-order valence-corrected chi connectivity index (χ0v) is 23.8. The molecule has 1 N–H and O–H groups in total. The average Bonchev–Trinajstić information content (AvgIpc) is 3.37. The number of hydrogen-bond donors (Lipinski definition) is 1. The molecule has 0 aliphatic heterocycles. The SMILES string of the molecule is CCOc1cccc(-c2cc(C(=O)Nc3sc4c(c3C(=O)OC)CC[C@H](c3ccccc3)C4)c3ccccc3n2)c1. The fraction of sp³-hybridized carbons (Fsp3) is 0.206. The minimum Gasteiger partial charge on any atom is -0.494 e. The van der Waals surface area contributed by atoms with Crippen LogP contribution in [0.2, 0.25) is 0 Å². The van der Waals surface area contributed by atoms with E-state index in [1.165, 1.54) is 24.0 Å². The quantitative estimate of drug-likeness (QED) is 0.206. The van der Waals surface area contributed by atoms with Crippen LogP contribution in [0.1, 0.15) is 56.0 Å². The lowest BCUT2D eigenvalue weighted by Crippen LogP contribution is -2.16. The van der Waals surface area contributed by atoms with Crippen molar-refractivity contribution in [1.29, 1.82) is 0 Å². The standard InChI is InChI=1S/C34H30N2O4S/c1-3-40-24-13-9-12-23(18-24)29-20-27(25-14-7-8-15-28(25)35-29)32(37)36-33-31(34(38)39-2)26-17-16-22(19-30(26)41-33)21-10-5-4-6-11-21/h4-15,18,20,22H,3,16-17,19H2,1-2H3,(H,36,37)/t22-/m0/s1. The molecule has 1 amide bonds. The summed E-state index contributed by atoms with van der Waals surface area (Å²) in [7, 11) is 1.38. The maximum Gasteiger partial charge on any atom is 0.341 e. The molecule has 2 heterocycles. The predicted molar refractivity (Wildman–Crippen MR) is 163 cm³/mol. The van der Waals surface area contributed by atoms with E-state index >= 15 is 0 Å². The second kappa shape index (κ2) is 11.6. The lowest BCUT2D eigenvalue weighted by atomic mass is 9.83. The second-order valence-electron chi connectivity index (χ2n) is 10.0. The van der Waals surface area contributed by atoms with E-state index in [4.69, 9.17) is 14.5 Å². The lowest BCUT2D eigenvalue weighted by molar-refractivity contribution is 0.0601. The molecular weight excluding hydrogens is 532 g/mol. The van der Waals surface area contributed by atoms with Crippen molar-refractivity contribution in [3.63, 3.8) is 0 Å². The Hall–Kier alpha value is -4.49. The summed E-state index contributed by atoms with van der Waals surface area (Å²) in [6.45, 7) is 2.50. The summed E-state index contributed by atoms with van der Waals surface area (Å²) >= 11 is 1.48. The highest BCUT2D eigenvalue weighted by Gasteiger charge is 2.31. The largest absolute Gasteiger partial charge is 0.494 e. The smallest absolute Gasteiger partial charge is 0.341 e. The third kappa shape index (κ3) is 5.33. The third-order valence-corrected chi connectivity index (χ3v) is 8.72. The van der Waals surface area contributed by atoms with E-state index in [0.717, 1.165) is 46.4 Å². The molecule has 0 bridgehead atoms. The van der Waals surface area contributed by atoms with E-state index in [1.807, 2.05) is 61.5 Å². The Morgan fingerprint density at radius 1 is 1.00 bits per heavy atom. The molecule has 6 rings (SSSR count). The van der Waals surface area contributed by atoms with E-state index in [0.29, 0.717) is 39.9 Å². The van der Waals surface area contributed by atoms with Gasteiger partial charge in [-0.05, 0) is 67.5 Å². The summed E-state index contributed by atoms with van der Waals surface area (Å²) in [5.41, 5.74) is 5.45. The van der Waals surface area contributed by atoms with Crippen molar-refractivity contribution >= 4 is 39.1 Å². The van der Waals surface area contributed by atoms with Gasteiger partial charge in [0, 0.05) is 15.8 Å². The number of fused-ring (bicyclic) bond motifs is 2. The number of para-hydroxylation sites is 1. The number of benzene rings is 3. The van der Waals surface area contributed by atoms with Crippen molar-refractivity contribution in [3.05, 3.63) is 112 Å². The average molecular weight is 563 g/mol. The number of pyridine rings is 1. The number of aromatic nitrogens is 1. The molecule has 0 saturated heterocycles. The van der Waals surface area contributed by atoms with E-state index in [2.05, 4.69) is 29.6 Å². The molecule has 1 aliphatic carbocycles. The number of esters is 1. The third-order valence-electron chi connectivity index (χ3n) is 7.55. The van der Waals surface area contributed by atoms with Gasteiger partial charge in [-0.1, -0.05) is 60.7 Å². The Morgan fingerprint density at radius 3 is 2.61 bits per heavy atom. The number of anilines is 1. The van der Waals surface area contributed by atoms with Crippen molar-refractivity contribution in [1.82, 2.24) is 4.98 Å². The van der Waals surface area contributed by atoms with Crippen LogP contribution in [0.3, 0.4) is 0 Å². The Bertz CT molecular complexity index is 1750. The summed E-state index contributed by atoms with van der Waals surface area (Å²) in [5, 5.41) is 4.35. The fourth-order valence-corrected chi connectivity index (χ4v) is 6.91. The minimum absolute atomic E-state index is 0.297. The summed E-state index contributed by atoms with van der Waals surface area (Å²) in [4.78, 5) is 32.9. The molecule has 2 aromatic heterocycles. The number of carbonyl (C=O) groups is 2. The van der Waals surface area contributed by atoms with E-state index < -0.39 is 5.97 Å². The van der Waals surface area contributed by atoms with Crippen molar-refractivity contribution < 1.29 is 19.1 Å². The molecule has 41 heavy (non-hydrogen) atoms. The maximum atomic E-state index is 13.9. The van der Waals surface area contributed by atoms with Gasteiger partial charge in [-0.25, -0.2) is 9.78 Å². The molecule has 0 spiro atoms. The highest BCUT2D eigenvalue weighted by molar-refractivity contribution is 7.17. The van der Waals surface area contributed by atoms with E-state index in [-0.39, 0.29) is 5.91 Å². The Balaban J connectivity index is 1.38. The number of rotatable bonds is 7.